The Balaban J connectivity index is 1.96. The molecule has 4 rings (SSSR count). The number of fused-ring (bicyclic) bond motifs is 1. The Morgan fingerprint density at radius 1 is 1.33 bits per heavy atom. The Morgan fingerprint density at radius 3 is 2.59 bits per heavy atom. The van der Waals surface area contributed by atoms with Crippen LogP contribution in [0, 0.1) is 11.6 Å². The maximum Gasteiger partial charge on any atom is 0.341 e. The van der Waals surface area contributed by atoms with E-state index in [-0.39, 0.29) is 41.8 Å². The van der Waals surface area contributed by atoms with Gasteiger partial charge in [-0.3, -0.25) is 4.79 Å². The third-order valence-corrected chi connectivity index (χ3v) is 5.28. The van der Waals surface area contributed by atoms with Gasteiger partial charge in [0.05, 0.1) is 23.0 Å². The first-order valence-electron chi connectivity index (χ1n) is 8.67. The Labute approximate surface area is 152 Å². The summed E-state index contributed by atoms with van der Waals surface area (Å²) in [4.78, 5) is 25.3. The summed E-state index contributed by atoms with van der Waals surface area (Å²) in [6.45, 7) is 0.427. The molecule has 0 amide bonds. The van der Waals surface area contributed by atoms with Gasteiger partial charge in [-0.1, -0.05) is 0 Å². The Bertz CT molecular complexity index is 1000. The largest absolute Gasteiger partial charge is 0.477 e. The lowest BCUT2D eigenvalue weighted by atomic mass is 10.1. The molecule has 2 aliphatic rings. The van der Waals surface area contributed by atoms with Crippen LogP contribution < -0.4 is 16.1 Å². The lowest BCUT2D eigenvalue weighted by molar-refractivity contribution is 0.0694. The second kappa shape index (κ2) is 6.28. The highest BCUT2D eigenvalue weighted by Crippen LogP contribution is 2.40. The standard InChI is InChI=1S/C18H19F2N3O4/c1-27-13-7-22(6-12(13)21)16-11(19)4-9-15(14(16)20)23(8-2-3-8)5-10(17(9)24)18(25)26/h4-5,8,12-13H,2-3,6-7,21H2,1H3,(H,25,26). The Morgan fingerprint density at radius 2 is 2.04 bits per heavy atom. The van der Waals surface area contributed by atoms with Crippen LogP contribution in [0.15, 0.2) is 17.1 Å². The molecular formula is C18H19F2N3O4. The first-order chi connectivity index (χ1) is 12.8. The van der Waals surface area contributed by atoms with Gasteiger partial charge in [0.15, 0.2) is 5.82 Å². The zero-order valence-corrected chi connectivity index (χ0v) is 14.6. The van der Waals surface area contributed by atoms with Crippen LogP contribution in [0.2, 0.25) is 0 Å². The molecule has 3 N–H and O–H groups in total. The van der Waals surface area contributed by atoms with Crippen LogP contribution in [0.3, 0.4) is 0 Å². The first-order valence-corrected chi connectivity index (χ1v) is 8.67. The monoisotopic (exact) mass is 379 g/mol. The molecule has 1 aromatic heterocycles. The number of aromatic nitrogens is 1. The minimum absolute atomic E-state index is 0.0710. The highest BCUT2D eigenvalue weighted by molar-refractivity contribution is 5.94. The maximum atomic E-state index is 15.4. The van der Waals surface area contributed by atoms with Crippen LogP contribution in [-0.4, -0.2) is 48.0 Å². The number of rotatable bonds is 4. The zero-order valence-electron chi connectivity index (χ0n) is 14.6. The number of aromatic carboxylic acids is 1. The van der Waals surface area contributed by atoms with E-state index in [9.17, 15) is 19.1 Å². The number of methoxy groups -OCH3 is 1. The number of benzene rings is 1. The maximum absolute atomic E-state index is 15.4. The Kier molecular flexibility index (Phi) is 4.15. The predicted molar refractivity (Wildman–Crippen MR) is 94.3 cm³/mol. The highest BCUT2D eigenvalue weighted by Gasteiger charge is 2.35. The van der Waals surface area contributed by atoms with Gasteiger partial charge >= 0.3 is 5.97 Å². The SMILES string of the molecule is COC1CN(c2c(F)cc3c(=O)c(C(=O)O)cn(C4CC4)c3c2F)CC1N. The molecule has 1 saturated heterocycles. The average molecular weight is 379 g/mol. The van der Waals surface area contributed by atoms with Gasteiger partial charge < -0.3 is 25.0 Å². The van der Waals surface area contributed by atoms with E-state index >= 15 is 4.39 Å². The molecule has 2 unspecified atom stereocenters. The van der Waals surface area contributed by atoms with Crippen molar-refractivity contribution in [1.29, 1.82) is 0 Å². The van der Waals surface area contributed by atoms with Gasteiger partial charge in [0.2, 0.25) is 5.43 Å². The van der Waals surface area contributed by atoms with Gasteiger partial charge in [-0.15, -0.1) is 0 Å². The number of nitrogens with zero attached hydrogens (tertiary/aromatic N) is 2. The topological polar surface area (TPSA) is 97.8 Å². The molecule has 1 aliphatic carbocycles. The quantitative estimate of drug-likeness (QED) is 0.835. The van der Waals surface area contributed by atoms with Gasteiger partial charge in [-0.25, -0.2) is 13.6 Å². The number of ether oxygens (including phenoxy) is 1. The lowest BCUT2D eigenvalue weighted by Gasteiger charge is -2.22. The van der Waals surface area contributed by atoms with Gasteiger partial charge in [0.1, 0.15) is 17.1 Å². The molecule has 27 heavy (non-hydrogen) atoms. The molecule has 2 aromatic rings. The van der Waals surface area contributed by atoms with Crippen molar-refractivity contribution in [3.8, 4) is 0 Å². The number of carbonyl (C=O) groups is 1. The highest BCUT2D eigenvalue weighted by atomic mass is 19.1. The molecule has 0 spiro atoms. The van der Waals surface area contributed by atoms with Crippen molar-refractivity contribution < 1.29 is 23.4 Å². The molecule has 2 fully saturated rings. The van der Waals surface area contributed by atoms with E-state index in [0.717, 1.165) is 25.1 Å². The number of carboxylic acid groups (broad SMARTS) is 1. The molecule has 9 heteroatoms. The second-order valence-corrected chi connectivity index (χ2v) is 7.08. The number of carboxylic acids is 1. The third kappa shape index (κ3) is 2.78. The Hall–Kier alpha value is -2.52. The molecule has 144 valence electrons. The number of nitrogens with two attached hydrogens (primary N) is 1. The van der Waals surface area contributed by atoms with Crippen molar-refractivity contribution in [3.05, 3.63) is 39.7 Å². The fraction of sp³-hybridized carbons (Fsp3) is 0.444. The zero-order chi connectivity index (χ0) is 19.5. The van der Waals surface area contributed by atoms with E-state index in [1.807, 2.05) is 0 Å². The summed E-state index contributed by atoms with van der Waals surface area (Å²) >= 11 is 0. The van der Waals surface area contributed by atoms with E-state index in [2.05, 4.69) is 0 Å². The molecule has 7 nitrogen and oxygen atoms in total. The van der Waals surface area contributed by atoms with Crippen molar-refractivity contribution in [3.63, 3.8) is 0 Å². The lowest BCUT2D eigenvalue weighted by Crippen LogP contribution is -2.34. The smallest absolute Gasteiger partial charge is 0.341 e. The molecule has 2 atom stereocenters. The molecule has 2 heterocycles. The summed E-state index contributed by atoms with van der Waals surface area (Å²) in [5, 5.41) is 9.00. The summed E-state index contributed by atoms with van der Waals surface area (Å²) in [6.07, 6.45) is 2.27. The van der Waals surface area contributed by atoms with Crippen LogP contribution in [-0.2, 0) is 4.74 Å². The van der Waals surface area contributed by atoms with Gasteiger partial charge in [-0.05, 0) is 18.9 Å². The van der Waals surface area contributed by atoms with Crippen molar-refractivity contribution in [2.45, 2.75) is 31.0 Å². The van der Waals surface area contributed by atoms with Crippen LogP contribution in [0.25, 0.3) is 10.9 Å². The number of hydrogen-bond acceptors (Lipinski definition) is 5. The summed E-state index contributed by atoms with van der Waals surface area (Å²) in [7, 11) is 1.49. The summed E-state index contributed by atoms with van der Waals surface area (Å²) < 4.78 is 36.9. The average Bonchev–Trinajstić information content (AvgIpc) is 3.38. The number of halogens is 2. The van der Waals surface area contributed by atoms with Crippen molar-refractivity contribution in [2.24, 2.45) is 5.73 Å². The first kappa shape index (κ1) is 17.9. The number of hydrogen-bond donors (Lipinski definition) is 2. The molecule has 0 radical (unpaired) electrons. The molecule has 0 bridgehead atoms. The normalized spacial score (nSPS) is 22.6. The van der Waals surface area contributed by atoms with E-state index in [4.69, 9.17) is 10.5 Å². The van der Waals surface area contributed by atoms with Gasteiger partial charge in [0, 0.05) is 32.4 Å². The van der Waals surface area contributed by atoms with Crippen LogP contribution in [0.5, 0.6) is 0 Å². The summed E-state index contributed by atoms with van der Waals surface area (Å²) in [5.41, 5.74) is 4.23. The van der Waals surface area contributed by atoms with Crippen molar-refractivity contribution in [2.75, 3.05) is 25.1 Å². The minimum Gasteiger partial charge on any atom is -0.477 e. The van der Waals surface area contributed by atoms with Crippen molar-refractivity contribution >= 4 is 22.6 Å². The number of pyridine rings is 1. The summed E-state index contributed by atoms with van der Waals surface area (Å²) in [5.74, 6) is -3.23. The molecular weight excluding hydrogens is 360 g/mol. The van der Waals surface area contributed by atoms with E-state index in [1.54, 1.807) is 0 Å². The van der Waals surface area contributed by atoms with E-state index in [1.165, 1.54) is 16.6 Å². The van der Waals surface area contributed by atoms with E-state index < -0.39 is 34.6 Å². The van der Waals surface area contributed by atoms with Crippen LogP contribution in [0.4, 0.5) is 14.5 Å². The van der Waals surface area contributed by atoms with Crippen LogP contribution in [0.1, 0.15) is 29.2 Å². The summed E-state index contributed by atoms with van der Waals surface area (Å²) in [6, 6.07) is 0.420. The van der Waals surface area contributed by atoms with Crippen LogP contribution >= 0.6 is 0 Å². The predicted octanol–water partition coefficient (Wildman–Crippen LogP) is 1.48. The fourth-order valence-electron chi connectivity index (χ4n) is 3.75. The van der Waals surface area contributed by atoms with Crippen molar-refractivity contribution in [1.82, 2.24) is 4.57 Å². The number of anilines is 1. The second-order valence-electron chi connectivity index (χ2n) is 7.08. The van der Waals surface area contributed by atoms with E-state index in [0.29, 0.717) is 0 Å². The van der Waals surface area contributed by atoms with Gasteiger partial charge in [-0.2, -0.15) is 0 Å². The minimum atomic E-state index is -1.42. The fourth-order valence-corrected chi connectivity index (χ4v) is 3.75. The third-order valence-electron chi connectivity index (χ3n) is 5.28. The molecule has 1 aliphatic heterocycles. The molecule has 1 saturated carbocycles. The molecule has 1 aromatic carbocycles. The van der Waals surface area contributed by atoms with Gasteiger partial charge in [0.25, 0.3) is 0 Å².